The largest absolute Gasteiger partial charge is 0.354 e. The molecule has 1 aromatic heterocycles. The number of piperidine rings is 1. The summed E-state index contributed by atoms with van der Waals surface area (Å²) in [5, 5.41) is 5.91. The molecule has 0 aromatic carbocycles. The first kappa shape index (κ1) is 18.9. The monoisotopic (exact) mass is 360 g/mol. The molecule has 2 fully saturated rings. The van der Waals surface area contributed by atoms with Crippen LogP contribution in [-0.4, -0.2) is 80.2 Å². The van der Waals surface area contributed by atoms with Crippen molar-refractivity contribution < 1.29 is 4.79 Å². The zero-order chi connectivity index (χ0) is 18.2. The fourth-order valence-corrected chi connectivity index (χ4v) is 3.53. The van der Waals surface area contributed by atoms with E-state index in [0.29, 0.717) is 13.1 Å². The molecule has 0 bridgehead atoms. The zero-order valence-corrected chi connectivity index (χ0v) is 15.9. The Kier molecular flexibility index (Phi) is 7.08. The number of carbonyl (C=O) groups is 1. The molecule has 0 aliphatic carbocycles. The Bertz CT molecular complexity index is 567. The van der Waals surface area contributed by atoms with Crippen LogP contribution in [0.2, 0.25) is 0 Å². The van der Waals surface area contributed by atoms with Crippen molar-refractivity contribution in [3.63, 3.8) is 0 Å². The second-order valence-electron chi connectivity index (χ2n) is 7.32. The summed E-state index contributed by atoms with van der Waals surface area (Å²) in [5.41, 5.74) is 1.08. The number of nitrogens with one attached hydrogen (secondary N) is 2. The quantitative estimate of drug-likeness (QED) is 0.796. The van der Waals surface area contributed by atoms with Crippen LogP contribution in [0.15, 0.2) is 18.3 Å². The van der Waals surface area contributed by atoms with Crippen molar-refractivity contribution in [2.75, 3.05) is 64.3 Å². The van der Waals surface area contributed by atoms with E-state index < -0.39 is 0 Å². The number of hydrogen-bond donors (Lipinski definition) is 2. The minimum atomic E-state index is -0.0973. The maximum atomic E-state index is 12.0. The van der Waals surface area contributed by atoms with Crippen molar-refractivity contribution >= 4 is 11.8 Å². The third-order valence-corrected chi connectivity index (χ3v) is 5.25. The topological polar surface area (TPSA) is 63.7 Å². The van der Waals surface area contributed by atoms with Gasteiger partial charge in [-0.05, 0) is 50.7 Å². The molecule has 3 heterocycles. The molecule has 2 saturated heterocycles. The Hall–Kier alpha value is -1.86. The number of amides is 2. The Labute approximate surface area is 156 Å². The van der Waals surface area contributed by atoms with E-state index in [4.69, 9.17) is 0 Å². The predicted molar refractivity (Wildman–Crippen MR) is 104 cm³/mol. The number of carbonyl (C=O) groups excluding carboxylic acids is 1. The number of likely N-dealkylation sites (N-methyl/N-ethyl adjacent to an activating group) is 1. The van der Waals surface area contributed by atoms with Crippen molar-refractivity contribution in [2.45, 2.75) is 25.8 Å². The lowest BCUT2D eigenvalue weighted by molar-refractivity contribution is 0.220. The van der Waals surface area contributed by atoms with Crippen LogP contribution in [0.5, 0.6) is 0 Å². The summed E-state index contributed by atoms with van der Waals surface area (Å²) in [5.74, 6) is 1.00. The van der Waals surface area contributed by atoms with E-state index in [1.807, 2.05) is 12.3 Å². The second-order valence-corrected chi connectivity index (χ2v) is 7.32. The van der Waals surface area contributed by atoms with Crippen LogP contribution in [0.25, 0.3) is 0 Å². The van der Waals surface area contributed by atoms with Gasteiger partial charge in [0.2, 0.25) is 0 Å². The zero-order valence-electron chi connectivity index (χ0n) is 15.9. The summed E-state index contributed by atoms with van der Waals surface area (Å²) in [7, 11) is 2.15. The van der Waals surface area contributed by atoms with Crippen LogP contribution in [0, 0.1) is 0 Å². The fourth-order valence-electron chi connectivity index (χ4n) is 3.53. The molecular formula is C19H32N6O. The summed E-state index contributed by atoms with van der Waals surface area (Å²) in [4.78, 5) is 23.6. The number of piperazine rings is 1. The van der Waals surface area contributed by atoms with E-state index in [-0.39, 0.29) is 6.03 Å². The number of anilines is 1. The minimum Gasteiger partial charge on any atom is -0.354 e. The first-order valence-electron chi connectivity index (χ1n) is 9.83. The number of likely N-dealkylation sites (tertiary alicyclic amines) is 1. The molecule has 7 heteroatoms. The molecule has 1 aromatic rings. The van der Waals surface area contributed by atoms with Gasteiger partial charge in [0.25, 0.3) is 0 Å². The first-order chi connectivity index (χ1) is 12.7. The van der Waals surface area contributed by atoms with Gasteiger partial charge in [0.15, 0.2) is 0 Å². The normalized spacial score (nSPS) is 19.3. The maximum absolute atomic E-state index is 12.0. The highest BCUT2D eigenvalue weighted by atomic mass is 16.2. The molecule has 2 N–H and O–H groups in total. The Morgan fingerprint density at radius 3 is 2.62 bits per heavy atom. The summed E-state index contributed by atoms with van der Waals surface area (Å²) in [6.07, 6.45) is 5.74. The van der Waals surface area contributed by atoms with Gasteiger partial charge in [0.05, 0.1) is 0 Å². The van der Waals surface area contributed by atoms with E-state index in [0.717, 1.165) is 57.2 Å². The average molecular weight is 361 g/mol. The number of pyridine rings is 1. The highest BCUT2D eigenvalue weighted by Gasteiger charge is 2.15. The molecule has 3 rings (SSSR count). The van der Waals surface area contributed by atoms with Gasteiger partial charge in [-0.1, -0.05) is 6.42 Å². The van der Waals surface area contributed by atoms with Crippen LogP contribution >= 0.6 is 0 Å². The molecule has 144 valence electrons. The Balaban J connectivity index is 1.38. The molecule has 0 atom stereocenters. The van der Waals surface area contributed by atoms with Crippen LogP contribution in [-0.2, 0) is 6.54 Å². The maximum Gasteiger partial charge on any atom is 0.315 e. The van der Waals surface area contributed by atoms with Crippen LogP contribution in [0.4, 0.5) is 10.6 Å². The minimum absolute atomic E-state index is 0.0973. The molecule has 7 nitrogen and oxygen atoms in total. The number of aromatic nitrogens is 1. The number of rotatable bonds is 6. The van der Waals surface area contributed by atoms with Crippen molar-refractivity contribution in [3.8, 4) is 0 Å². The summed E-state index contributed by atoms with van der Waals surface area (Å²) >= 11 is 0. The highest BCUT2D eigenvalue weighted by molar-refractivity contribution is 5.73. The molecule has 2 aliphatic heterocycles. The van der Waals surface area contributed by atoms with E-state index in [1.54, 1.807) is 0 Å². The van der Waals surface area contributed by atoms with Gasteiger partial charge in [-0.3, -0.25) is 0 Å². The SMILES string of the molecule is CN1CCN(c2cc(CNC(=O)NCCN3CCCCC3)ccn2)CC1. The lowest BCUT2D eigenvalue weighted by atomic mass is 10.1. The van der Waals surface area contributed by atoms with Gasteiger partial charge in [0.1, 0.15) is 5.82 Å². The lowest BCUT2D eigenvalue weighted by Gasteiger charge is -2.33. The van der Waals surface area contributed by atoms with Gasteiger partial charge in [-0.25, -0.2) is 9.78 Å². The molecule has 26 heavy (non-hydrogen) atoms. The summed E-state index contributed by atoms with van der Waals surface area (Å²) in [6, 6.07) is 3.95. The molecule has 0 spiro atoms. The van der Waals surface area contributed by atoms with E-state index in [9.17, 15) is 4.79 Å². The van der Waals surface area contributed by atoms with Crippen molar-refractivity contribution in [3.05, 3.63) is 23.9 Å². The first-order valence-corrected chi connectivity index (χ1v) is 9.83. The van der Waals surface area contributed by atoms with Gasteiger partial charge in [-0.15, -0.1) is 0 Å². The van der Waals surface area contributed by atoms with Gasteiger partial charge in [0, 0.05) is 52.0 Å². The number of nitrogens with zero attached hydrogens (tertiary/aromatic N) is 4. The smallest absolute Gasteiger partial charge is 0.315 e. The Morgan fingerprint density at radius 2 is 1.85 bits per heavy atom. The molecule has 0 saturated carbocycles. The second kappa shape index (κ2) is 9.73. The molecular weight excluding hydrogens is 328 g/mol. The molecule has 2 amide bonds. The van der Waals surface area contributed by atoms with Crippen LogP contribution < -0.4 is 15.5 Å². The molecule has 0 radical (unpaired) electrons. The van der Waals surface area contributed by atoms with Crippen molar-refractivity contribution in [1.82, 2.24) is 25.4 Å². The van der Waals surface area contributed by atoms with Gasteiger partial charge >= 0.3 is 6.03 Å². The van der Waals surface area contributed by atoms with Gasteiger partial charge in [-0.2, -0.15) is 0 Å². The van der Waals surface area contributed by atoms with Crippen molar-refractivity contribution in [1.29, 1.82) is 0 Å². The summed E-state index contributed by atoms with van der Waals surface area (Å²) < 4.78 is 0. The standard InChI is InChI=1S/C19H32N6O/c1-23-11-13-25(14-12-23)18-15-17(5-6-20-18)16-22-19(26)21-7-10-24-8-3-2-4-9-24/h5-6,15H,2-4,7-14,16H2,1H3,(H2,21,22,26). The van der Waals surface area contributed by atoms with Crippen LogP contribution in [0.1, 0.15) is 24.8 Å². The van der Waals surface area contributed by atoms with Crippen LogP contribution in [0.3, 0.4) is 0 Å². The highest BCUT2D eigenvalue weighted by Crippen LogP contribution is 2.14. The fraction of sp³-hybridized carbons (Fsp3) is 0.684. The predicted octanol–water partition coefficient (Wildman–Crippen LogP) is 1.12. The molecule has 0 unspecified atom stereocenters. The van der Waals surface area contributed by atoms with E-state index >= 15 is 0 Å². The third kappa shape index (κ3) is 5.85. The molecule has 2 aliphatic rings. The average Bonchev–Trinajstić information content (AvgIpc) is 2.68. The number of urea groups is 1. The Morgan fingerprint density at radius 1 is 1.08 bits per heavy atom. The third-order valence-electron chi connectivity index (χ3n) is 5.25. The lowest BCUT2D eigenvalue weighted by Crippen LogP contribution is -2.44. The van der Waals surface area contributed by atoms with E-state index in [1.165, 1.54) is 19.3 Å². The number of hydrogen-bond acceptors (Lipinski definition) is 5. The van der Waals surface area contributed by atoms with Gasteiger partial charge < -0.3 is 25.3 Å². The summed E-state index contributed by atoms with van der Waals surface area (Å²) in [6.45, 7) is 8.61. The van der Waals surface area contributed by atoms with E-state index in [2.05, 4.69) is 43.4 Å². The van der Waals surface area contributed by atoms with Crippen molar-refractivity contribution in [2.24, 2.45) is 0 Å².